The van der Waals surface area contributed by atoms with Crippen LogP contribution in [0.4, 0.5) is 11.4 Å². The second kappa shape index (κ2) is 9.86. The zero-order valence-corrected chi connectivity index (χ0v) is 16.0. The smallest absolute Gasteiger partial charge is 0.221 e. The lowest BCUT2D eigenvalue weighted by atomic mass is 10.1. The summed E-state index contributed by atoms with van der Waals surface area (Å²) in [6.07, 6.45) is 3.86. The number of hydrogen-bond donors (Lipinski definition) is 2. The van der Waals surface area contributed by atoms with E-state index >= 15 is 0 Å². The Hall–Kier alpha value is -2.69. The molecule has 5 nitrogen and oxygen atoms in total. The maximum atomic E-state index is 12.0. The summed E-state index contributed by atoms with van der Waals surface area (Å²) in [4.78, 5) is 14.4. The van der Waals surface area contributed by atoms with Crippen molar-refractivity contribution in [1.29, 1.82) is 0 Å². The number of nitrogens with zero attached hydrogens (tertiary/aromatic N) is 1. The number of rotatable bonds is 9. The van der Waals surface area contributed by atoms with Crippen LogP contribution >= 0.6 is 0 Å². The van der Waals surface area contributed by atoms with Crippen LogP contribution in [-0.4, -0.2) is 39.2 Å². The maximum absolute atomic E-state index is 12.0. The minimum Gasteiger partial charge on any atom is -0.497 e. The van der Waals surface area contributed by atoms with Crippen LogP contribution in [0, 0.1) is 0 Å². The van der Waals surface area contributed by atoms with Gasteiger partial charge in [0.1, 0.15) is 5.75 Å². The van der Waals surface area contributed by atoms with Crippen LogP contribution in [0.1, 0.15) is 24.8 Å². The molecule has 2 aromatic carbocycles. The number of ether oxygens (including phenoxy) is 1. The summed E-state index contributed by atoms with van der Waals surface area (Å²) >= 11 is 0. The number of amides is 1. The van der Waals surface area contributed by atoms with Crippen LogP contribution < -0.4 is 20.3 Å². The first kappa shape index (κ1) is 19.1. The Bertz CT molecular complexity index is 707. The molecule has 0 aromatic heterocycles. The van der Waals surface area contributed by atoms with E-state index in [1.807, 2.05) is 24.3 Å². The molecule has 0 saturated carbocycles. The fourth-order valence-corrected chi connectivity index (χ4v) is 3.31. The highest BCUT2D eigenvalue weighted by Gasteiger charge is 2.11. The van der Waals surface area contributed by atoms with Crippen molar-refractivity contribution in [1.82, 2.24) is 5.32 Å². The van der Waals surface area contributed by atoms with E-state index in [4.69, 9.17) is 4.74 Å². The Balaban J connectivity index is 1.31. The number of benzene rings is 2. The molecule has 0 aliphatic carbocycles. The zero-order valence-electron chi connectivity index (χ0n) is 16.0. The van der Waals surface area contributed by atoms with Gasteiger partial charge in [-0.2, -0.15) is 0 Å². The van der Waals surface area contributed by atoms with Gasteiger partial charge in [0.05, 0.1) is 7.11 Å². The molecule has 1 saturated heterocycles. The van der Waals surface area contributed by atoms with Gasteiger partial charge in [0.15, 0.2) is 0 Å². The van der Waals surface area contributed by atoms with Gasteiger partial charge >= 0.3 is 0 Å². The van der Waals surface area contributed by atoms with E-state index in [2.05, 4.69) is 39.8 Å². The SMILES string of the molecule is COc1ccc(CCNC(=O)CCNc2ccc(N3CCCC3)cc2)cc1. The van der Waals surface area contributed by atoms with Crippen molar-refractivity contribution in [3.63, 3.8) is 0 Å². The largest absolute Gasteiger partial charge is 0.497 e. The van der Waals surface area contributed by atoms with Crippen molar-refractivity contribution in [3.8, 4) is 5.75 Å². The van der Waals surface area contributed by atoms with Crippen molar-refractivity contribution in [3.05, 3.63) is 54.1 Å². The third-order valence-electron chi connectivity index (χ3n) is 4.91. The lowest BCUT2D eigenvalue weighted by molar-refractivity contribution is -0.120. The Morgan fingerprint density at radius 2 is 1.70 bits per heavy atom. The van der Waals surface area contributed by atoms with E-state index in [9.17, 15) is 4.79 Å². The number of nitrogens with one attached hydrogen (secondary N) is 2. The second-order valence-corrected chi connectivity index (χ2v) is 6.87. The monoisotopic (exact) mass is 367 g/mol. The Labute approximate surface area is 161 Å². The first-order chi connectivity index (χ1) is 13.2. The molecule has 0 radical (unpaired) electrons. The maximum Gasteiger partial charge on any atom is 0.221 e. The van der Waals surface area contributed by atoms with Crippen LogP contribution in [0.3, 0.4) is 0 Å². The van der Waals surface area contributed by atoms with E-state index in [1.54, 1.807) is 7.11 Å². The van der Waals surface area contributed by atoms with Crippen LogP contribution in [0.15, 0.2) is 48.5 Å². The van der Waals surface area contributed by atoms with Crippen molar-refractivity contribution < 1.29 is 9.53 Å². The molecular weight excluding hydrogens is 338 g/mol. The van der Waals surface area contributed by atoms with E-state index in [1.165, 1.54) is 24.1 Å². The summed E-state index contributed by atoms with van der Waals surface area (Å²) < 4.78 is 5.15. The van der Waals surface area contributed by atoms with Crippen molar-refractivity contribution >= 4 is 17.3 Å². The van der Waals surface area contributed by atoms with Gasteiger partial charge in [-0.25, -0.2) is 0 Å². The summed E-state index contributed by atoms with van der Waals surface area (Å²) in [6.45, 7) is 3.60. The molecule has 1 amide bonds. The highest BCUT2D eigenvalue weighted by atomic mass is 16.5. The van der Waals surface area contributed by atoms with Gasteiger partial charge < -0.3 is 20.3 Å². The first-order valence-corrected chi connectivity index (χ1v) is 9.73. The van der Waals surface area contributed by atoms with Crippen molar-refractivity contribution in [2.24, 2.45) is 0 Å². The molecule has 1 aliphatic heterocycles. The molecule has 0 bridgehead atoms. The predicted molar refractivity (Wildman–Crippen MR) is 111 cm³/mol. The number of anilines is 2. The highest BCUT2D eigenvalue weighted by Crippen LogP contribution is 2.21. The average molecular weight is 367 g/mol. The van der Waals surface area contributed by atoms with E-state index < -0.39 is 0 Å². The van der Waals surface area contributed by atoms with E-state index in [-0.39, 0.29) is 5.91 Å². The van der Waals surface area contributed by atoms with Gasteiger partial charge in [-0.15, -0.1) is 0 Å². The molecule has 27 heavy (non-hydrogen) atoms. The standard InChI is InChI=1S/C22H29N3O2/c1-27-21-10-4-18(5-11-21)12-14-24-22(26)13-15-23-19-6-8-20(9-7-19)25-16-2-3-17-25/h4-11,23H,2-3,12-17H2,1H3,(H,24,26). The molecular formula is C22H29N3O2. The normalized spacial score (nSPS) is 13.4. The van der Waals surface area contributed by atoms with Crippen molar-refractivity contribution in [2.45, 2.75) is 25.7 Å². The van der Waals surface area contributed by atoms with Crippen LogP contribution in [0.2, 0.25) is 0 Å². The lowest BCUT2D eigenvalue weighted by Gasteiger charge is -2.18. The van der Waals surface area contributed by atoms with E-state index in [0.29, 0.717) is 19.5 Å². The summed E-state index contributed by atoms with van der Waals surface area (Å²) in [5.41, 5.74) is 3.53. The summed E-state index contributed by atoms with van der Waals surface area (Å²) in [5.74, 6) is 0.923. The first-order valence-electron chi connectivity index (χ1n) is 9.73. The van der Waals surface area contributed by atoms with Crippen LogP contribution in [0.25, 0.3) is 0 Å². The summed E-state index contributed by atoms with van der Waals surface area (Å²) in [7, 11) is 1.66. The molecule has 0 spiro atoms. The third-order valence-corrected chi connectivity index (χ3v) is 4.91. The fraction of sp³-hybridized carbons (Fsp3) is 0.409. The predicted octanol–water partition coefficient (Wildman–Crippen LogP) is 3.46. The molecule has 1 heterocycles. The van der Waals surface area contributed by atoms with Crippen LogP contribution in [0.5, 0.6) is 5.75 Å². The van der Waals surface area contributed by atoms with Gasteiger partial charge in [-0.05, 0) is 61.2 Å². The minimum absolute atomic E-state index is 0.0738. The third kappa shape index (κ3) is 5.91. The van der Waals surface area contributed by atoms with E-state index in [0.717, 1.165) is 30.9 Å². The molecule has 2 aromatic rings. The number of hydrogen-bond acceptors (Lipinski definition) is 4. The molecule has 0 atom stereocenters. The zero-order chi connectivity index (χ0) is 18.9. The fourth-order valence-electron chi connectivity index (χ4n) is 3.31. The second-order valence-electron chi connectivity index (χ2n) is 6.87. The average Bonchev–Trinajstić information content (AvgIpc) is 3.24. The Morgan fingerprint density at radius 3 is 2.37 bits per heavy atom. The molecule has 2 N–H and O–H groups in total. The quantitative estimate of drug-likeness (QED) is 0.713. The molecule has 144 valence electrons. The molecule has 1 aliphatic rings. The van der Waals surface area contributed by atoms with Gasteiger partial charge in [-0.1, -0.05) is 12.1 Å². The Morgan fingerprint density at radius 1 is 1.00 bits per heavy atom. The van der Waals surface area contributed by atoms with Gasteiger partial charge in [0.25, 0.3) is 0 Å². The van der Waals surface area contributed by atoms with Gasteiger partial charge in [0, 0.05) is 44.0 Å². The van der Waals surface area contributed by atoms with Crippen molar-refractivity contribution in [2.75, 3.05) is 43.5 Å². The topological polar surface area (TPSA) is 53.6 Å². The lowest BCUT2D eigenvalue weighted by Crippen LogP contribution is -2.27. The van der Waals surface area contributed by atoms with Crippen LogP contribution in [-0.2, 0) is 11.2 Å². The summed E-state index contributed by atoms with van der Waals surface area (Å²) in [5, 5.41) is 6.30. The molecule has 1 fully saturated rings. The number of carbonyl (C=O) groups is 1. The minimum atomic E-state index is 0.0738. The molecule has 5 heteroatoms. The molecule has 0 unspecified atom stereocenters. The summed E-state index contributed by atoms with van der Waals surface area (Å²) in [6, 6.07) is 16.4. The van der Waals surface area contributed by atoms with Gasteiger partial charge in [0.2, 0.25) is 5.91 Å². The Kier molecular flexibility index (Phi) is 6.97. The highest BCUT2D eigenvalue weighted by molar-refractivity contribution is 5.76. The number of methoxy groups -OCH3 is 1. The molecule has 3 rings (SSSR count). The number of carbonyl (C=O) groups excluding carboxylic acids is 1. The van der Waals surface area contributed by atoms with Gasteiger partial charge in [-0.3, -0.25) is 4.79 Å².